The molecule has 0 fully saturated rings. The average Bonchev–Trinajstić information content (AvgIpc) is 2.43. The third kappa shape index (κ3) is 4.27. The van der Waals surface area contributed by atoms with Crippen LogP contribution in [-0.2, 0) is 12.7 Å². The van der Waals surface area contributed by atoms with Crippen LogP contribution >= 0.6 is 23.2 Å². The van der Waals surface area contributed by atoms with Gasteiger partial charge in [0.15, 0.2) is 0 Å². The molecule has 0 aliphatic carbocycles. The summed E-state index contributed by atoms with van der Waals surface area (Å²) in [5, 5.41) is 13.6. The molecule has 0 radical (unpaired) electrons. The first kappa shape index (κ1) is 17.4. The molecule has 0 unspecified atom stereocenters. The SMILES string of the molecule is O=[N+]([O-])c1cc(C(F)(F)F)c(Cl)cc1NCc1cccc(Cl)c1. The Labute approximate surface area is 139 Å². The van der Waals surface area contributed by atoms with Crippen LogP contribution in [0.25, 0.3) is 0 Å². The molecule has 0 atom stereocenters. The van der Waals surface area contributed by atoms with Gasteiger partial charge in [0, 0.05) is 17.6 Å². The zero-order chi connectivity index (χ0) is 17.2. The smallest absolute Gasteiger partial charge is 0.375 e. The highest BCUT2D eigenvalue weighted by atomic mass is 35.5. The number of nitrogens with zero attached hydrogens (tertiary/aromatic N) is 1. The predicted molar refractivity (Wildman–Crippen MR) is 81.9 cm³/mol. The van der Waals surface area contributed by atoms with Crippen molar-refractivity contribution in [2.75, 3.05) is 5.32 Å². The summed E-state index contributed by atoms with van der Waals surface area (Å²) in [6.07, 6.45) is -4.77. The maximum Gasteiger partial charge on any atom is 0.418 e. The van der Waals surface area contributed by atoms with Crippen LogP contribution in [0.15, 0.2) is 36.4 Å². The highest BCUT2D eigenvalue weighted by molar-refractivity contribution is 6.32. The van der Waals surface area contributed by atoms with Crippen molar-refractivity contribution < 1.29 is 18.1 Å². The summed E-state index contributed by atoms with van der Waals surface area (Å²) in [7, 11) is 0. The van der Waals surface area contributed by atoms with Gasteiger partial charge in [-0.2, -0.15) is 13.2 Å². The van der Waals surface area contributed by atoms with Gasteiger partial charge in [0.05, 0.1) is 15.5 Å². The van der Waals surface area contributed by atoms with Crippen molar-refractivity contribution in [1.29, 1.82) is 0 Å². The van der Waals surface area contributed by atoms with Gasteiger partial charge in [-0.15, -0.1) is 0 Å². The van der Waals surface area contributed by atoms with Crippen molar-refractivity contribution in [1.82, 2.24) is 0 Å². The van der Waals surface area contributed by atoms with Crippen LogP contribution in [0.2, 0.25) is 10.0 Å². The minimum atomic E-state index is -4.77. The summed E-state index contributed by atoms with van der Waals surface area (Å²) < 4.78 is 38.3. The third-order valence-electron chi connectivity index (χ3n) is 2.96. The fourth-order valence-corrected chi connectivity index (χ4v) is 2.40. The second-order valence-corrected chi connectivity index (χ2v) is 5.43. The van der Waals surface area contributed by atoms with Gasteiger partial charge in [-0.05, 0) is 23.8 Å². The number of halogens is 5. The number of nitrogens with one attached hydrogen (secondary N) is 1. The Balaban J connectivity index is 2.34. The third-order valence-corrected chi connectivity index (χ3v) is 3.51. The lowest BCUT2D eigenvalue weighted by Gasteiger charge is -2.12. The molecular formula is C14H9Cl2F3N2O2. The molecular weight excluding hydrogens is 356 g/mol. The van der Waals surface area contributed by atoms with Gasteiger partial charge in [-0.1, -0.05) is 35.3 Å². The Morgan fingerprint density at radius 2 is 1.87 bits per heavy atom. The topological polar surface area (TPSA) is 55.2 Å². The first-order chi connectivity index (χ1) is 10.7. The molecule has 0 aliphatic heterocycles. The molecule has 0 heterocycles. The molecule has 0 saturated carbocycles. The second-order valence-electron chi connectivity index (χ2n) is 4.59. The van der Waals surface area contributed by atoms with Gasteiger partial charge in [-0.25, -0.2) is 0 Å². The fraction of sp³-hybridized carbons (Fsp3) is 0.143. The van der Waals surface area contributed by atoms with E-state index in [0.717, 1.165) is 6.07 Å². The average molecular weight is 365 g/mol. The largest absolute Gasteiger partial charge is 0.418 e. The van der Waals surface area contributed by atoms with Crippen molar-refractivity contribution in [3.63, 3.8) is 0 Å². The number of nitro benzene ring substituents is 1. The van der Waals surface area contributed by atoms with Crippen LogP contribution < -0.4 is 5.32 Å². The minimum Gasteiger partial charge on any atom is -0.375 e. The predicted octanol–water partition coefficient (Wildman–Crippen LogP) is 5.53. The molecule has 2 aromatic rings. The number of benzene rings is 2. The molecule has 0 bridgehead atoms. The van der Waals surface area contributed by atoms with E-state index in [0.29, 0.717) is 16.7 Å². The van der Waals surface area contributed by atoms with E-state index in [1.807, 2.05) is 0 Å². The van der Waals surface area contributed by atoms with Crippen molar-refractivity contribution in [2.24, 2.45) is 0 Å². The van der Waals surface area contributed by atoms with Crippen LogP contribution in [0.3, 0.4) is 0 Å². The Morgan fingerprint density at radius 1 is 1.17 bits per heavy atom. The summed E-state index contributed by atoms with van der Waals surface area (Å²) >= 11 is 11.4. The maximum absolute atomic E-state index is 12.8. The number of anilines is 1. The highest BCUT2D eigenvalue weighted by Gasteiger charge is 2.36. The van der Waals surface area contributed by atoms with E-state index in [-0.39, 0.29) is 12.2 Å². The van der Waals surface area contributed by atoms with Crippen molar-refractivity contribution in [2.45, 2.75) is 12.7 Å². The monoisotopic (exact) mass is 364 g/mol. The molecule has 0 saturated heterocycles. The Kier molecular flexibility index (Phi) is 5.01. The van der Waals surface area contributed by atoms with E-state index < -0.39 is 27.4 Å². The minimum absolute atomic E-state index is 0.104. The number of nitro groups is 1. The normalized spacial score (nSPS) is 11.3. The first-order valence-corrected chi connectivity index (χ1v) is 6.97. The summed E-state index contributed by atoms with van der Waals surface area (Å²) in [6, 6.07) is 8.01. The van der Waals surface area contributed by atoms with E-state index in [2.05, 4.69) is 5.32 Å². The van der Waals surface area contributed by atoms with E-state index >= 15 is 0 Å². The molecule has 2 rings (SSSR count). The zero-order valence-corrected chi connectivity index (χ0v) is 12.8. The Morgan fingerprint density at radius 3 is 2.43 bits per heavy atom. The van der Waals surface area contributed by atoms with E-state index in [1.54, 1.807) is 24.3 Å². The zero-order valence-electron chi connectivity index (χ0n) is 11.3. The van der Waals surface area contributed by atoms with Crippen molar-refractivity contribution in [3.05, 3.63) is 67.7 Å². The molecule has 0 amide bonds. The number of hydrogen-bond donors (Lipinski definition) is 1. The first-order valence-electron chi connectivity index (χ1n) is 6.22. The number of rotatable bonds is 4. The molecule has 122 valence electrons. The summed E-state index contributed by atoms with van der Waals surface area (Å²) in [5.74, 6) is 0. The van der Waals surface area contributed by atoms with Gasteiger partial charge in [0.1, 0.15) is 5.69 Å². The molecule has 2 aromatic carbocycles. The van der Waals surface area contributed by atoms with Crippen molar-refractivity contribution >= 4 is 34.6 Å². The van der Waals surface area contributed by atoms with Crippen LogP contribution in [0.4, 0.5) is 24.5 Å². The summed E-state index contributed by atoms with van der Waals surface area (Å²) in [4.78, 5) is 10.1. The molecule has 0 spiro atoms. The molecule has 1 N–H and O–H groups in total. The number of alkyl halides is 3. The summed E-state index contributed by atoms with van der Waals surface area (Å²) in [5.41, 5.74) is -1.35. The van der Waals surface area contributed by atoms with Crippen LogP contribution in [0, 0.1) is 10.1 Å². The summed E-state index contributed by atoms with van der Waals surface area (Å²) in [6.45, 7) is 0.142. The number of hydrogen-bond acceptors (Lipinski definition) is 3. The maximum atomic E-state index is 12.8. The standard InChI is InChI=1S/C14H9Cl2F3N2O2/c15-9-3-1-2-8(4-9)7-20-12-6-11(16)10(14(17,18)19)5-13(12)21(22)23/h1-6,20H,7H2. The Bertz CT molecular complexity index is 751. The van der Waals surface area contributed by atoms with Gasteiger partial charge >= 0.3 is 6.18 Å². The highest BCUT2D eigenvalue weighted by Crippen LogP contribution is 2.40. The lowest BCUT2D eigenvalue weighted by molar-refractivity contribution is -0.384. The lowest BCUT2D eigenvalue weighted by atomic mass is 10.1. The lowest BCUT2D eigenvalue weighted by Crippen LogP contribution is -2.09. The van der Waals surface area contributed by atoms with Gasteiger partial charge in [-0.3, -0.25) is 10.1 Å². The van der Waals surface area contributed by atoms with Crippen LogP contribution in [0.5, 0.6) is 0 Å². The second kappa shape index (κ2) is 6.64. The molecule has 0 aromatic heterocycles. The van der Waals surface area contributed by atoms with Crippen LogP contribution in [0.1, 0.15) is 11.1 Å². The van der Waals surface area contributed by atoms with E-state index in [9.17, 15) is 23.3 Å². The Hall–Kier alpha value is -1.99. The molecule has 9 heteroatoms. The molecule has 4 nitrogen and oxygen atoms in total. The van der Waals surface area contributed by atoms with E-state index in [1.165, 1.54) is 0 Å². The molecule has 23 heavy (non-hydrogen) atoms. The fourth-order valence-electron chi connectivity index (χ4n) is 1.92. The van der Waals surface area contributed by atoms with Gasteiger partial charge in [0.2, 0.25) is 0 Å². The van der Waals surface area contributed by atoms with Crippen LogP contribution in [-0.4, -0.2) is 4.92 Å². The quantitative estimate of drug-likeness (QED) is 0.572. The molecule has 0 aliphatic rings. The van der Waals surface area contributed by atoms with E-state index in [4.69, 9.17) is 23.2 Å². The van der Waals surface area contributed by atoms with Gasteiger partial charge < -0.3 is 5.32 Å². The van der Waals surface area contributed by atoms with Crippen molar-refractivity contribution in [3.8, 4) is 0 Å². The van der Waals surface area contributed by atoms with Gasteiger partial charge in [0.25, 0.3) is 5.69 Å².